The van der Waals surface area contributed by atoms with Gasteiger partial charge < -0.3 is 15.7 Å². The lowest BCUT2D eigenvalue weighted by atomic mass is 10.3. The molecule has 0 saturated heterocycles. The zero-order chi connectivity index (χ0) is 15.4. The Morgan fingerprint density at radius 3 is 2.71 bits per heavy atom. The summed E-state index contributed by atoms with van der Waals surface area (Å²) in [5.41, 5.74) is 0.0445. The molecule has 0 unspecified atom stereocenters. The Labute approximate surface area is 117 Å². The van der Waals surface area contributed by atoms with Gasteiger partial charge in [-0.3, -0.25) is 9.48 Å². The van der Waals surface area contributed by atoms with Crippen LogP contribution in [0.1, 0.15) is 0 Å². The van der Waals surface area contributed by atoms with Crippen molar-refractivity contribution in [2.24, 2.45) is 0 Å². The van der Waals surface area contributed by atoms with Crippen molar-refractivity contribution in [2.45, 2.75) is 6.54 Å². The number of aromatic nitrogens is 2. The maximum atomic E-state index is 13.3. The highest BCUT2D eigenvalue weighted by Crippen LogP contribution is 2.15. The van der Waals surface area contributed by atoms with Gasteiger partial charge in [0.2, 0.25) is 0 Å². The van der Waals surface area contributed by atoms with Gasteiger partial charge in [-0.2, -0.15) is 5.10 Å². The number of carbonyl (C=O) groups is 2. The predicted molar refractivity (Wildman–Crippen MR) is 68.9 cm³/mol. The minimum Gasteiger partial charge on any atom is -0.480 e. The Bertz CT molecular complexity index is 687. The van der Waals surface area contributed by atoms with Gasteiger partial charge in [0.25, 0.3) is 0 Å². The first-order valence-corrected chi connectivity index (χ1v) is 5.71. The summed E-state index contributed by atoms with van der Waals surface area (Å²) in [7, 11) is 0. The minimum atomic E-state index is -1.08. The molecule has 1 heterocycles. The van der Waals surface area contributed by atoms with Gasteiger partial charge in [-0.15, -0.1) is 0 Å². The van der Waals surface area contributed by atoms with Crippen LogP contribution in [0.2, 0.25) is 0 Å². The van der Waals surface area contributed by atoms with Crippen LogP contribution in [0.15, 0.2) is 30.6 Å². The SMILES string of the molecule is O=C(O)Cn1cc(NC(=O)Nc2ccc(F)cc2F)cn1. The van der Waals surface area contributed by atoms with Crippen molar-refractivity contribution in [3.63, 3.8) is 0 Å². The molecule has 0 atom stereocenters. The summed E-state index contributed by atoms with van der Waals surface area (Å²) >= 11 is 0. The van der Waals surface area contributed by atoms with E-state index in [0.29, 0.717) is 6.07 Å². The number of benzene rings is 1. The molecule has 0 spiro atoms. The Kier molecular flexibility index (Phi) is 4.12. The number of aliphatic carboxylic acids is 1. The molecule has 0 saturated carbocycles. The molecule has 0 fully saturated rings. The summed E-state index contributed by atoms with van der Waals surface area (Å²) in [5.74, 6) is -2.75. The maximum Gasteiger partial charge on any atom is 0.325 e. The van der Waals surface area contributed by atoms with E-state index in [1.54, 1.807) is 0 Å². The molecule has 3 N–H and O–H groups in total. The maximum absolute atomic E-state index is 13.3. The van der Waals surface area contributed by atoms with Gasteiger partial charge in [0, 0.05) is 12.3 Å². The number of carboxylic acids is 1. The number of hydrogen-bond acceptors (Lipinski definition) is 3. The number of halogens is 2. The lowest BCUT2D eigenvalue weighted by molar-refractivity contribution is -0.137. The van der Waals surface area contributed by atoms with Gasteiger partial charge in [-0.1, -0.05) is 0 Å². The van der Waals surface area contributed by atoms with E-state index in [-0.39, 0.29) is 17.9 Å². The summed E-state index contributed by atoms with van der Waals surface area (Å²) in [5, 5.41) is 16.8. The van der Waals surface area contributed by atoms with E-state index in [9.17, 15) is 18.4 Å². The number of nitrogens with zero attached hydrogens (tertiary/aromatic N) is 2. The summed E-state index contributed by atoms with van der Waals surface area (Å²) in [6.07, 6.45) is 2.54. The molecule has 7 nitrogen and oxygen atoms in total. The van der Waals surface area contributed by atoms with Crippen molar-refractivity contribution in [1.29, 1.82) is 0 Å². The average Bonchev–Trinajstić information content (AvgIpc) is 2.79. The fourth-order valence-electron chi connectivity index (χ4n) is 1.53. The number of urea groups is 1. The second-order valence-electron chi connectivity index (χ2n) is 4.02. The monoisotopic (exact) mass is 296 g/mol. The van der Waals surface area contributed by atoms with E-state index in [2.05, 4.69) is 15.7 Å². The molecule has 0 aliphatic heterocycles. The second kappa shape index (κ2) is 5.99. The zero-order valence-electron chi connectivity index (χ0n) is 10.5. The van der Waals surface area contributed by atoms with Crippen molar-refractivity contribution in [2.75, 3.05) is 10.6 Å². The van der Waals surface area contributed by atoms with Crippen molar-refractivity contribution in [3.05, 3.63) is 42.2 Å². The predicted octanol–water partition coefficient (Wildman–Crippen LogP) is 1.89. The van der Waals surface area contributed by atoms with Crippen LogP contribution in [0.5, 0.6) is 0 Å². The molecule has 2 aromatic rings. The fourth-order valence-corrected chi connectivity index (χ4v) is 1.53. The van der Waals surface area contributed by atoms with Crippen molar-refractivity contribution < 1.29 is 23.5 Å². The Balaban J connectivity index is 1.98. The van der Waals surface area contributed by atoms with Crippen molar-refractivity contribution >= 4 is 23.4 Å². The number of amides is 2. The second-order valence-corrected chi connectivity index (χ2v) is 4.02. The van der Waals surface area contributed by atoms with Crippen LogP contribution in [-0.4, -0.2) is 26.9 Å². The zero-order valence-corrected chi connectivity index (χ0v) is 10.5. The van der Waals surface area contributed by atoms with Crippen molar-refractivity contribution in [1.82, 2.24) is 9.78 Å². The van der Waals surface area contributed by atoms with Crippen LogP contribution in [0, 0.1) is 11.6 Å². The first-order valence-electron chi connectivity index (χ1n) is 5.71. The standard InChI is InChI=1S/C12H10F2N4O3/c13-7-1-2-10(9(14)3-7)17-12(21)16-8-4-15-18(5-8)6-11(19)20/h1-5H,6H2,(H,19,20)(H2,16,17,21). The third-order valence-electron chi connectivity index (χ3n) is 2.37. The highest BCUT2D eigenvalue weighted by Gasteiger charge is 2.09. The van der Waals surface area contributed by atoms with E-state index >= 15 is 0 Å². The summed E-state index contributed by atoms with van der Waals surface area (Å²) < 4.78 is 27.2. The number of carbonyl (C=O) groups excluding carboxylic acids is 1. The average molecular weight is 296 g/mol. The van der Waals surface area contributed by atoms with Gasteiger partial charge in [-0.25, -0.2) is 13.6 Å². The molecule has 2 rings (SSSR count). The first kappa shape index (κ1) is 14.4. The number of rotatable bonds is 4. The van der Waals surface area contributed by atoms with E-state index in [4.69, 9.17) is 5.11 Å². The summed E-state index contributed by atoms with van der Waals surface area (Å²) in [4.78, 5) is 22.1. The van der Waals surface area contributed by atoms with Gasteiger partial charge >= 0.3 is 12.0 Å². The minimum absolute atomic E-state index is 0.188. The van der Waals surface area contributed by atoms with Crippen LogP contribution in [0.3, 0.4) is 0 Å². The smallest absolute Gasteiger partial charge is 0.325 e. The van der Waals surface area contributed by atoms with Gasteiger partial charge in [0.1, 0.15) is 18.2 Å². The molecular weight excluding hydrogens is 286 g/mol. The molecule has 1 aromatic heterocycles. The molecule has 0 radical (unpaired) electrons. The summed E-state index contributed by atoms with van der Waals surface area (Å²) in [6.45, 7) is -0.351. The largest absolute Gasteiger partial charge is 0.480 e. The molecule has 0 aliphatic carbocycles. The highest BCUT2D eigenvalue weighted by molar-refractivity contribution is 5.99. The number of hydrogen-bond donors (Lipinski definition) is 3. The van der Waals surface area contributed by atoms with E-state index in [0.717, 1.165) is 16.8 Å². The molecule has 110 valence electrons. The first-order chi connectivity index (χ1) is 9.94. The Morgan fingerprint density at radius 2 is 2.05 bits per heavy atom. The topological polar surface area (TPSA) is 96.2 Å². The van der Waals surface area contributed by atoms with Crippen LogP contribution < -0.4 is 10.6 Å². The fraction of sp³-hybridized carbons (Fsp3) is 0.0833. The normalized spacial score (nSPS) is 10.2. The quantitative estimate of drug-likeness (QED) is 0.802. The Morgan fingerprint density at radius 1 is 1.29 bits per heavy atom. The lowest BCUT2D eigenvalue weighted by Gasteiger charge is -2.06. The van der Waals surface area contributed by atoms with Gasteiger partial charge in [0.15, 0.2) is 0 Å². The molecule has 0 bridgehead atoms. The third-order valence-corrected chi connectivity index (χ3v) is 2.37. The number of carboxylic acid groups (broad SMARTS) is 1. The molecule has 0 aliphatic rings. The number of anilines is 2. The highest BCUT2D eigenvalue weighted by atomic mass is 19.1. The van der Waals surface area contributed by atoms with Gasteiger partial charge in [0.05, 0.1) is 17.6 Å². The van der Waals surface area contributed by atoms with Crippen LogP contribution in [-0.2, 0) is 11.3 Å². The molecule has 21 heavy (non-hydrogen) atoms. The molecule has 2 amide bonds. The lowest BCUT2D eigenvalue weighted by Crippen LogP contribution is -2.20. The van der Waals surface area contributed by atoms with Crippen LogP contribution in [0.4, 0.5) is 25.0 Å². The third kappa shape index (κ3) is 4.00. The van der Waals surface area contributed by atoms with E-state index in [1.807, 2.05) is 0 Å². The number of nitrogens with one attached hydrogen (secondary N) is 2. The van der Waals surface area contributed by atoms with Crippen molar-refractivity contribution in [3.8, 4) is 0 Å². The van der Waals surface area contributed by atoms with E-state index in [1.165, 1.54) is 12.4 Å². The van der Waals surface area contributed by atoms with Crippen LogP contribution in [0.25, 0.3) is 0 Å². The molecule has 9 heteroatoms. The molecular formula is C12H10F2N4O3. The molecule has 1 aromatic carbocycles. The Hall–Kier alpha value is -2.97. The van der Waals surface area contributed by atoms with Crippen LogP contribution >= 0.6 is 0 Å². The van der Waals surface area contributed by atoms with E-state index < -0.39 is 23.6 Å². The van der Waals surface area contributed by atoms with Gasteiger partial charge in [-0.05, 0) is 12.1 Å². The summed E-state index contributed by atoms with van der Waals surface area (Å²) in [6, 6.07) is 1.96.